The molecule has 18 heavy (non-hydrogen) atoms. The highest BCUT2D eigenvalue weighted by Crippen LogP contribution is 2.16. The SMILES string of the molecule is CC(C)OCCNC(=O)c1cc(F)c(F)cc1N. The van der Waals surface area contributed by atoms with Crippen molar-refractivity contribution in [1.29, 1.82) is 0 Å². The van der Waals surface area contributed by atoms with E-state index in [1.165, 1.54) is 0 Å². The second-order valence-corrected chi connectivity index (χ2v) is 4.03. The maximum Gasteiger partial charge on any atom is 0.253 e. The molecule has 0 fully saturated rings. The Balaban J connectivity index is 2.59. The molecule has 0 spiro atoms. The van der Waals surface area contributed by atoms with E-state index in [-0.39, 0.29) is 23.9 Å². The molecule has 0 saturated carbocycles. The lowest BCUT2D eigenvalue weighted by Crippen LogP contribution is -2.28. The number of hydrogen-bond acceptors (Lipinski definition) is 3. The Labute approximate surface area is 104 Å². The van der Waals surface area contributed by atoms with E-state index in [9.17, 15) is 13.6 Å². The van der Waals surface area contributed by atoms with Crippen LogP contribution in [0.3, 0.4) is 0 Å². The summed E-state index contributed by atoms with van der Waals surface area (Å²) in [5.41, 5.74) is 5.26. The number of nitrogens with two attached hydrogens (primary N) is 1. The van der Waals surface area contributed by atoms with Gasteiger partial charge in [0, 0.05) is 18.3 Å². The summed E-state index contributed by atoms with van der Waals surface area (Å²) in [6.45, 7) is 4.35. The van der Waals surface area contributed by atoms with Gasteiger partial charge in [-0.2, -0.15) is 0 Å². The van der Waals surface area contributed by atoms with Gasteiger partial charge in [-0.25, -0.2) is 8.78 Å². The number of carbonyl (C=O) groups is 1. The minimum atomic E-state index is -1.10. The Bertz CT molecular complexity index is 436. The normalized spacial score (nSPS) is 10.7. The monoisotopic (exact) mass is 258 g/mol. The average Bonchev–Trinajstić information content (AvgIpc) is 2.28. The van der Waals surface area contributed by atoms with E-state index in [1.54, 1.807) is 0 Å². The highest BCUT2D eigenvalue weighted by Gasteiger charge is 2.13. The second-order valence-electron chi connectivity index (χ2n) is 4.03. The molecule has 0 aromatic heterocycles. The number of anilines is 1. The molecule has 0 unspecified atom stereocenters. The number of rotatable bonds is 5. The number of nitrogens with one attached hydrogen (secondary N) is 1. The van der Waals surface area contributed by atoms with Gasteiger partial charge in [-0.1, -0.05) is 0 Å². The van der Waals surface area contributed by atoms with Gasteiger partial charge < -0.3 is 15.8 Å². The fraction of sp³-hybridized carbons (Fsp3) is 0.417. The van der Waals surface area contributed by atoms with E-state index in [0.29, 0.717) is 6.61 Å². The van der Waals surface area contributed by atoms with E-state index in [1.807, 2.05) is 13.8 Å². The van der Waals surface area contributed by atoms with Crippen LogP contribution in [-0.2, 0) is 4.74 Å². The molecule has 100 valence electrons. The summed E-state index contributed by atoms with van der Waals surface area (Å²) in [6, 6.07) is 1.57. The van der Waals surface area contributed by atoms with Gasteiger partial charge in [-0.05, 0) is 19.9 Å². The molecule has 3 N–H and O–H groups in total. The number of carbonyl (C=O) groups excluding carboxylic acids is 1. The van der Waals surface area contributed by atoms with Gasteiger partial charge in [-0.3, -0.25) is 4.79 Å². The van der Waals surface area contributed by atoms with Crippen LogP contribution in [0.1, 0.15) is 24.2 Å². The quantitative estimate of drug-likeness (QED) is 0.624. The number of nitrogen functional groups attached to an aromatic ring is 1. The predicted molar refractivity (Wildman–Crippen MR) is 64.2 cm³/mol. The fourth-order valence-electron chi connectivity index (χ4n) is 1.31. The lowest BCUT2D eigenvalue weighted by atomic mass is 10.1. The molecule has 0 saturated heterocycles. The van der Waals surface area contributed by atoms with Crippen LogP contribution in [0.25, 0.3) is 0 Å². The zero-order chi connectivity index (χ0) is 13.7. The summed E-state index contributed by atoms with van der Waals surface area (Å²) < 4.78 is 31.0. The van der Waals surface area contributed by atoms with Gasteiger partial charge >= 0.3 is 0 Å². The lowest BCUT2D eigenvalue weighted by molar-refractivity contribution is 0.0747. The highest BCUT2D eigenvalue weighted by molar-refractivity contribution is 5.99. The van der Waals surface area contributed by atoms with Gasteiger partial charge in [-0.15, -0.1) is 0 Å². The van der Waals surface area contributed by atoms with Gasteiger partial charge in [0.25, 0.3) is 5.91 Å². The van der Waals surface area contributed by atoms with Crippen molar-refractivity contribution in [1.82, 2.24) is 5.32 Å². The van der Waals surface area contributed by atoms with E-state index in [0.717, 1.165) is 12.1 Å². The molecular formula is C12H16F2N2O2. The number of hydrogen-bond donors (Lipinski definition) is 2. The first kappa shape index (κ1) is 14.4. The Morgan fingerprint density at radius 3 is 2.61 bits per heavy atom. The Kier molecular flexibility index (Phi) is 5.03. The maximum absolute atomic E-state index is 13.0. The minimum absolute atomic E-state index is 0.0650. The average molecular weight is 258 g/mol. The van der Waals surface area contributed by atoms with Crippen molar-refractivity contribution < 1.29 is 18.3 Å². The van der Waals surface area contributed by atoms with Crippen LogP contribution in [0.15, 0.2) is 12.1 Å². The summed E-state index contributed by atoms with van der Waals surface area (Å²) in [5.74, 6) is -2.74. The summed E-state index contributed by atoms with van der Waals surface area (Å²) in [6.07, 6.45) is 0.0650. The molecule has 4 nitrogen and oxygen atoms in total. The molecule has 0 bridgehead atoms. The molecule has 1 amide bonds. The second kappa shape index (κ2) is 6.30. The van der Waals surface area contributed by atoms with Crippen LogP contribution in [0.5, 0.6) is 0 Å². The van der Waals surface area contributed by atoms with Gasteiger partial charge in [0.05, 0.1) is 18.3 Å². The summed E-state index contributed by atoms with van der Waals surface area (Å²) >= 11 is 0. The molecule has 6 heteroatoms. The van der Waals surface area contributed by atoms with Crippen molar-refractivity contribution in [2.24, 2.45) is 0 Å². The summed E-state index contributed by atoms with van der Waals surface area (Å²) in [5, 5.41) is 2.51. The first-order chi connectivity index (χ1) is 8.41. The maximum atomic E-state index is 13.0. The Morgan fingerprint density at radius 2 is 2.00 bits per heavy atom. The molecule has 0 aliphatic rings. The highest BCUT2D eigenvalue weighted by atomic mass is 19.2. The standard InChI is InChI=1S/C12H16F2N2O2/c1-7(2)18-4-3-16-12(17)8-5-9(13)10(14)6-11(8)15/h5-7H,3-4,15H2,1-2H3,(H,16,17). The molecule has 0 aliphatic carbocycles. The first-order valence-electron chi connectivity index (χ1n) is 5.56. The van der Waals surface area contributed by atoms with Gasteiger partial charge in [0.15, 0.2) is 11.6 Å². The van der Waals surface area contributed by atoms with E-state index < -0.39 is 17.5 Å². The molecule has 0 atom stereocenters. The third kappa shape index (κ3) is 3.96. The van der Waals surface area contributed by atoms with Crippen molar-refractivity contribution in [3.63, 3.8) is 0 Å². The van der Waals surface area contributed by atoms with Crippen LogP contribution in [-0.4, -0.2) is 25.2 Å². The van der Waals surface area contributed by atoms with Crippen LogP contribution in [0.4, 0.5) is 14.5 Å². The van der Waals surface area contributed by atoms with Gasteiger partial charge in [0.2, 0.25) is 0 Å². The molecule has 0 aliphatic heterocycles. The Hall–Kier alpha value is -1.69. The van der Waals surface area contributed by atoms with E-state index in [4.69, 9.17) is 10.5 Å². The zero-order valence-electron chi connectivity index (χ0n) is 10.3. The Morgan fingerprint density at radius 1 is 1.39 bits per heavy atom. The number of benzene rings is 1. The number of halogens is 2. The molecule has 1 rings (SSSR count). The molecular weight excluding hydrogens is 242 g/mol. The fourth-order valence-corrected chi connectivity index (χ4v) is 1.31. The van der Waals surface area contributed by atoms with Crippen molar-refractivity contribution >= 4 is 11.6 Å². The zero-order valence-corrected chi connectivity index (χ0v) is 10.3. The molecule has 0 heterocycles. The van der Waals surface area contributed by atoms with Crippen LogP contribution in [0, 0.1) is 11.6 Å². The minimum Gasteiger partial charge on any atom is -0.398 e. The smallest absolute Gasteiger partial charge is 0.253 e. The number of ether oxygens (including phenoxy) is 1. The summed E-state index contributed by atoms with van der Waals surface area (Å²) in [4.78, 5) is 11.6. The summed E-state index contributed by atoms with van der Waals surface area (Å²) in [7, 11) is 0. The molecule has 0 radical (unpaired) electrons. The van der Waals surface area contributed by atoms with E-state index in [2.05, 4.69) is 5.32 Å². The molecule has 1 aromatic carbocycles. The predicted octanol–water partition coefficient (Wildman–Crippen LogP) is 1.70. The van der Waals surface area contributed by atoms with Crippen LogP contribution < -0.4 is 11.1 Å². The van der Waals surface area contributed by atoms with Gasteiger partial charge in [0.1, 0.15) is 0 Å². The number of amides is 1. The largest absolute Gasteiger partial charge is 0.398 e. The van der Waals surface area contributed by atoms with Crippen LogP contribution in [0.2, 0.25) is 0 Å². The van der Waals surface area contributed by atoms with Crippen molar-refractivity contribution in [3.05, 3.63) is 29.3 Å². The first-order valence-corrected chi connectivity index (χ1v) is 5.56. The topological polar surface area (TPSA) is 64.3 Å². The van der Waals surface area contributed by atoms with Crippen molar-refractivity contribution in [2.45, 2.75) is 20.0 Å². The third-order valence-corrected chi connectivity index (χ3v) is 2.18. The van der Waals surface area contributed by atoms with Crippen molar-refractivity contribution in [2.75, 3.05) is 18.9 Å². The molecule has 1 aromatic rings. The lowest BCUT2D eigenvalue weighted by Gasteiger charge is -2.10. The van der Waals surface area contributed by atoms with E-state index >= 15 is 0 Å². The van der Waals surface area contributed by atoms with Crippen LogP contribution >= 0.6 is 0 Å². The van der Waals surface area contributed by atoms with Crippen molar-refractivity contribution in [3.8, 4) is 0 Å². The third-order valence-electron chi connectivity index (χ3n) is 2.18.